The van der Waals surface area contributed by atoms with Crippen molar-refractivity contribution < 1.29 is 14.3 Å². The SMILES string of the molecule is CN=C(NCCCNC(=O)c1cccs1)NCc1ccc(C)cc1OCCOC.I. The zero-order valence-electron chi connectivity index (χ0n) is 17.7. The number of halogens is 1. The molecule has 1 aromatic carbocycles. The molecule has 0 aliphatic carbocycles. The summed E-state index contributed by atoms with van der Waals surface area (Å²) >= 11 is 1.44. The van der Waals surface area contributed by atoms with Gasteiger partial charge >= 0.3 is 0 Å². The van der Waals surface area contributed by atoms with E-state index in [0.717, 1.165) is 28.2 Å². The Morgan fingerprint density at radius 3 is 2.63 bits per heavy atom. The van der Waals surface area contributed by atoms with Crippen molar-refractivity contribution in [2.75, 3.05) is 40.5 Å². The van der Waals surface area contributed by atoms with E-state index in [1.165, 1.54) is 11.3 Å². The molecule has 0 fully saturated rings. The second-order valence-electron chi connectivity index (χ2n) is 6.39. The number of rotatable bonds is 11. The van der Waals surface area contributed by atoms with Crippen molar-refractivity contribution in [2.45, 2.75) is 19.9 Å². The lowest BCUT2D eigenvalue weighted by Crippen LogP contribution is -2.38. The number of amides is 1. The van der Waals surface area contributed by atoms with Gasteiger partial charge in [0.05, 0.1) is 11.5 Å². The van der Waals surface area contributed by atoms with E-state index in [1.54, 1.807) is 14.2 Å². The van der Waals surface area contributed by atoms with Crippen molar-refractivity contribution in [1.29, 1.82) is 0 Å². The van der Waals surface area contributed by atoms with Crippen LogP contribution in [0.5, 0.6) is 5.75 Å². The fourth-order valence-corrected chi connectivity index (χ4v) is 3.21. The van der Waals surface area contributed by atoms with Crippen LogP contribution in [-0.4, -0.2) is 52.3 Å². The van der Waals surface area contributed by atoms with E-state index in [0.29, 0.717) is 38.8 Å². The average molecular weight is 546 g/mol. The number of thiophene rings is 1. The summed E-state index contributed by atoms with van der Waals surface area (Å²) in [7, 11) is 3.39. The molecule has 0 saturated carbocycles. The summed E-state index contributed by atoms with van der Waals surface area (Å²) in [6.45, 7) is 5.01. The normalized spacial score (nSPS) is 10.8. The zero-order chi connectivity index (χ0) is 20.9. The minimum absolute atomic E-state index is 0. The van der Waals surface area contributed by atoms with Crippen molar-refractivity contribution in [3.63, 3.8) is 0 Å². The molecule has 0 spiro atoms. The van der Waals surface area contributed by atoms with E-state index in [4.69, 9.17) is 9.47 Å². The van der Waals surface area contributed by atoms with Crippen LogP contribution < -0.4 is 20.7 Å². The number of methoxy groups -OCH3 is 1. The standard InChI is InChI=1S/C21H30N4O3S.HI/c1-16-7-8-17(18(14-16)28-12-11-27-3)15-25-21(22-2)24-10-5-9-23-20(26)19-6-4-13-29-19;/h4,6-8,13-14H,5,9-12,15H2,1-3H3,(H,23,26)(H2,22,24,25);1H. The highest BCUT2D eigenvalue weighted by Crippen LogP contribution is 2.20. The fraction of sp³-hybridized carbons (Fsp3) is 0.429. The van der Waals surface area contributed by atoms with Crippen LogP contribution in [0.2, 0.25) is 0 Å². The van der Waals surface area contributed by atoms with E-state index >= 15 is 0 Å². The van der Waals surface area contributed by atoms with Crippen molar-refractivity contribution in [1.82, 2.24) is 16.0 Å². The van der Waals surface area contributed by atoms with Crippen LogP contribution in [0.3, 0.4) is 0 Å². The minimum Gasteiger partial charge on any atom is -0.491 e. The van der Waals surface area contributed by atoms with Crippen LogP contribution in [-0.2, 0) is 11.3 Å². The topological polar surface area (TPSA) is 84.0 Å². The first-order valence-electron chi connectivity index (χ1n) is 9.61. The molecule has 9 heteroatoms. The van der Waals surface area contributed by atoms with Gasteiger partial charge in [-0.2, -0.15) is 0 Å². The maximum atomic E-state index is 11.9. The number of hydrogen-bond acceptors (Lipinski definition) is 5. The van der Waals surface area contributed by atoms with E-state index in [-0.39, 0.29) is 29.9 Å². The van der Waals surface area contributed by atoms with Crippen LogP contribution in [0, 0.1) is 6.92 Å². The molecule has 2 aromatic rings. The number of nitrogens with zero attached hydrogens (tertiary/aromatic N) is 1. The predicted molar refractivity (Wildman–Crippen MR) is 133 cm³/mol. The Morgan fingerprint density at radius 2 is 1.93 bits per heavy atom. The Morgan fingerprint density at radius 1 is 1.13 bits per heavy atom. The van der Waals surface area contributed by atoms with Crippen LogP contribution in [0.1, 0.15) is 27.2 Å². The molecule has 1 amide bonds. The number of guanidine groups is 1. The minimum atomic E-state index is -0.0251. The summed E-state index contributed by atoms with van der Waals surface area (Å²) in [5.74, 6) is 1.53. The van der Waals surface area contributed by atoms with Gasteiger partial charge in [-0.05, 0) is 36.4 Å². The van der Waals surface area contributed by atoms with Gasteiger partial charge in [-0.3, -0.25) is 9.79 Å². The Hall–Kier alpha value is -1.85. The second kappa shape index (κ2) is 15.0. The van der Waals surface area contributed by atoms with Gasteiger partial charge in [0.15, 0.2) is 5.96 Å². The zero-order valence-corrected chi connectivity index (χ0v) is 20.8. The Bertz CT molecular complexity index is 785. The van der Waals surface area contributed by atoms with Crippen LogP contribution >= 0.6 is 35.3 Å². The highest BCUT2D eigenvalue weighted by Gasteiger charge is 2.07. The molecule has 30 heavy (non-hydrogen) atoms. The number of carbonyl (C=O) groups is 1. The molecular formula is C21H31IN4O3S. The van der Waals surface area contributed by atoms with Crippen LogP contribution in [0.25, 0.3) is 0 Å². The lowest BCUT2D eigenvalue weighted by Gasteiger charge is -2.15. The molecular weight excluding hydrogens is 515 g/mol. The quantitative estimate of drug-likeness (QED) is 0.175. The van der Waals surface area contributed by atoms with E-state index in [2.05, 4.69) is 33.1 Å². The summed E-state index contributed by atoms with van der Waals surface area (Å²) in [5, 5.41) is 11.4. The van der Waals surface area contributed by atoms with Crippen molar-refractivity contribution in [3.05, 3.63) is 51.7 Å². The third kappa shape index (κ3) is 9.31. The van der Waals surface area contributed by atoms with Gasteiger partial charge in [-0.15, -0.1) is 35.3 Å². The summed E-state index contributed by atoms with van der Waals surface area (Å²) in [5.41, 5.74) is 2.20. The van der Waals surface area contributed by atoms with Crippen molar-refractivity contribution >= 4 is 47.2 Å². The lowest BCUT2D eigenvalue weighted by atomic mass is 10.1. The molecule has 0 saturated heterocycles. The number of nitrogens with one attached hydrogen (secondary N) is 3. The monoisotopic (exact) mass is 546 g/mol. The summed E-state index contributed by atoms with van der Waals surface area (Å²) in [6.07, 6.45) is 0.799. The van der Waals surface area contributed by atoms with Gasteiger partial charge in [-0.25, -0.2) is 0 Å². The molecule has 3 N–H and O–H groups in total. The van der Waals surface area contributed by atoms with Crippen molar-refractivity contribution in [2.24, 2.45) is 4.99 Å². The predicted octanol–water partition coefficient (Wildman–Crippen LogP) is 3.18. The van der Waals surface area contributed by atoms with Crippen LogP contribution in [0.4, 0.5) is 0 Å². The smallest absolute Gasteiger partial charge is 0.261 e. The first-order valence-corrected chi connectivity index (χ1v) is 10.5. The average Bonchev–Trinajstić information content (AvgIpc) is 3.26. The summed E-state index contributed by atoms with van der Waals surface area (Å²) in [6, 6.07) is 9.84. The van der Waals surface area contributed by atoms with E-state index in [9.17, 15) is 4.79 Å². The molecule has 166 valence electrons. The van der Waals surface area contributed by atoms with E-state index < -0.39 is 0 Å². The first-order chi connectivity index (χ1) is 14.1. The van der Waals surface area contributed by atoms with Gasteiger partial charge in [-0.1, -0.05) is 18.2 Å². The molecule has 0 aliphatic rings. The third-order valence-electron chi connectivity index (χ3n) is 4.11. The molecule has 1 heterocycles. The summed E-state index contributed by atoms with van der Waals surface area (Å²) < 4.78 is 10.9. The van der Waals surface area contributed by atoms with Gasteiger partial charge < -0.3 is 25.4 Å². The molecule has 0 bridgehead atoms. The number of ether oxygens (including phenoxy) is 2. The molecule has 2 rings (SSSR count). The van der Waals surface area contributed by atoms with Gasteiger partial charge in [0.25, 0.3) is 5.91 Å². The molecule has 1 aromatic heterocycles. The van der Waals surface area contributed by atoms with Gasteiger partial charge in [0, 0.05) is 39.4 Å². The highest BCUT2D eigenvalue weighted by molar-refractivity contribution is 14.0. The number of carbonyl (C=O) groups excluding carboxylic acids is 1. The Labute approximate surface area is 199 Å². The van der Waals surface area contributed by atoms with Crippen molar-refractivity contribution in [3.8, 4) is 5.75 Å². The van der Waals surface area contributed by atoms with Crippen LogP contribution in [0.15, 0.2) is 40.7 Å². The second-order valence-corrected chi connectivity index (χ2v) is 7.34. The van der Waals surface area contributed by atoms with Gasteiger partial charge in [0.2, 0.25) is 0 Å². The third-order valence-corrected chi connectivity index (χ3v) is 4.98. The summed E-state index contributed by atoms with van der Waals surface area (Å²) in [4.78, 5) is 16.9. The maximum absolute atomic E-state index is 11.9. The molecule has 0 radical (unpaired) electrons. The maximum Gasteiger partial charge on any atom is 0.261 e. The molecule has 0 atom stereocenters. The molecule has 7 nitrogen and oxygen atoms in total. The Kier molecular flexibility index (Phi) is 13.1. The fourth-order valence-electron chi connectivity index (χ4n) is 2.57. The molecule has 0 aliphatic heterocycles. The number of aryl methyl sites for hydroxylation is 1. The number of benzene rings is 1. The van der Waals surface area contributed by atoms with Gasteiger partial charge in [0.1, 0.15) is 12.4 Å². The number of hydrogen-bond donors (Lipinski definition) is 3. The molecule has 0 unspecified atom stereocenters. The van der Waals surface area contributed by atoms with E-state index in [1.807, 2.05) is 30.5 Å². The largest absolute Gasteiger partial charge is 0.491 e. The Balaban J connectivity index is 0.00000450. The first kappa shape index (κ1) is 26.2. The lowest BCUT2D eigenvalue weighted by molar-refractivity contribution is 0.0957. The number of aliphatic imine (C=N–C) groups is 1. The highest BCUT2D eigenvalue weighted by atomic mass is 127.